The van der Waals surface area contributed by atoms with Crippen molar-refractivity contribution in [2.45, 2.75) is 13.8 Å². The lowest BCUT2D eigenvalue weighted by atomic mass is 10.0. The number of methoxy groups -OCH3 is 1. The summed E-state index contributed by atoms with van der Waals surface area (Å²) in [5.41, 5.74) is 2.00. The van der Waals surface area contributed by atoms with Crippen LogP contribution >= 0.6 is 0 Å². The number of aryl methyl sites for hydroxylation is 2. The average molecular weight is 202 g/mol. The molecule has 0 fully saturated rings. The summed E-state index contributed by atoms with van der Waals surface area (Å²) >= 11 is 0. The zero-order valence-electron chi connectivity index (χ0n) is 9.16. The third kappa shape index (κ3) is 1.52. The summed E-state index contributed by atoms with van der Waals surface area (Å²) in [6.45, 7) is 3.92. The van der Waals surface area contributed by atoms with Gasteiger partial charge in [0.05, 0.1) is 7.11 Å². The van der Waals surface area contributed by atoms with Crippen molar-refractivity contribution < 1.29 is 9.84 Å². The van der Waals surface area contributed by atoms with E-state index in [0.29, 0.717) is 5.75 Å². The Kier molecular flexibility index (Phi) is 2.27. The smallest absolute Gasteiger partial charge is 0.122 e. The van der Waals surface area contributed by atoms with Crippen LogP contribution in [0.5, 0.6) is 11.5 Å². The van der Waals surface area contributed by atoms with E-state index in [0.717, 1.165) is 27.6 Å². The van der Waals surface area contributed by atoms with E-state index in [4.69, 9.17) is 4.74 Å². The minimum Gasteiger partial charge on any atom is -0.508 e. The lowest BCUT2D eigenvalue weighted by Gasteiger charge is -2.09. The van der Waals surface area contributed by atoms with Gasteiger partial charge in [-0.15, -0.1) is 0 Å². The molecular weight excluding hydrogens is 188 g/mol. The molecule has 0 aliphatic carbocycles. The maximum absolute atomic E-state index is 9.61. The molecule has 2 heteroatoms. The standard InChI is InChI=1S/C13H14O2/c1-8-6-10-4-5-12(14)9(2)11(10)7-13(8)15-3/h4-7,14H,1-3H3. The second-order valence-electron chi connectivity index (χ2n) is 3.75. The minimum absolute atomic E-state index is 0.327. The summed E-state index contributed by atoms with van der Waals surface area (Å²) in [5.74, 6) is 1.18. The van der Waals surface area contributed by atoms with Crippen LogP contribution in [0, 0.1) is 13.8 Å². The number of phenolic OH excluding ortho intramolecular Hbond substituents is 1. The van der Waals surface area contributed by atoms with E-state index >= 15 is 0 Å². The van der Waals surface area contributed by atoms with Crippen molar-refractivity contribution in [3.63, 3.8) is 0 Å². The molecule has 0 spiro atoms. The van der Waals surface area contributed by atoms with Crippen LogP contribution in [0.15, 0.2) is 24.3 Å². The molecule has 0 saturated heterocycles. The predicted molar refractivity (Wildman–Crippen MR) is 61.6 cm³/mol. The Labute approximate surface area is 89.1 Å². The van der Waals surface area contributed by atoms with Gasteiger partial charge < -0.3 is 9.84 Å². The largest absolute Gasteiger partial charge is 0.508 e. The number of phenols is 1. The van der Waals surface area contributed by atoms with E-state index in [9.17, 15) is 5.11 Å². The molecule has 0 heterocycles. The van der Waals surface area contributed by atoms with Gasteiger partial charge in [-0.25, -0.2) is 0 Å². The third-order valence-corrected chi connectivity index (χ3v) is 2.78. The van der Waals surface area contributed by atoms with Crippen molar-refractivity contribution in [3.8, 4) is 11.5 Å². The maximum Gasteiger partial charge on any atom is 0.122 e. The Morgan fingerprint density at radius 2 is 1.87 bits per heavy atom. The molecular formula is C13H14O2. The van der Waals surface area contributed by atoms with Gasteiger partial charge in [0.15, 0.2) is 0 Å². The van der Waals surface area contributed by atoms with Crippen LogP contribution in [0.25, 0.3) is 10.8 Å². The fraction of sp³-hybridized carbons (Fsp3) is 0.231. The van der Waals surface area contributed by atoms with Crippen LogP contribution in [0.3, 0.4) is 0 Å². The van der Waals surface area contributed by atoms with E-state index in [1.807, 2.05) is 26.0 Å². The van der Waals surface area contributed by atoms with Crippen LogP contribution in [0.4, 0.5) is 0 Å². The average Bonchev–Trinajstić information content (AvgIpc) is 2.23. The minimum atomic E-state index is 0.327. The van der Waals surface area contributed by atoms with Gasteiger partial charge in [-0.3, -0.25) is 0 Å². The lowest BCUT2D eigenvalue weighted by molar-refractivity contribution is 0.412. The number of rotatable bonds is 1. The highest BCUT2D eigenvalue weighted by molar-refractivity contribution is 5.89. The summed E-state index contributed by atoms with van der Waals surface area (Å²) in [6, 6.07) is 7.69. The molecule has 0 saturated carbocycles. The highest BCUT2D eigenvalue weighted by Crippen LogP contribution is 2.31. The molecule has 2 aromatic carbocycles. The van der Waals surface area contributed by atoms with Gasteiger partial charge >= 0.3 is 0 Å². The maximum atomic E-state index is 9.61. The summed E-state index contributed by atoms with van der Waals surface area (Å²) in [4.78, 5) is 0. The Morgan fingerprint density at radius 3 is 2.53 bits per heavy atom. The van der Waals surface area contributed by atoms with Crippen LogP contribution in [0.2, 0.25) is 0 Å². The quantitative estimate of drug-likeness (QED) is 0.769. The van der Waals surface area contributed by atoms with Gasteiger partial charge in [0.1, 0.15) is 11.5 Å². The predicted octanol–water partition coefficient (Wildman–Crippen LogP) is 3.17. The SMILES string of the molecule is COc1cc2c(C)c(O)ccc2cc1C. The van der Waals surface area contributed by atoms with E-state index in [-0.39, 0.29) is 0 Å². The van der Waals surface area contributed by atoms with Gasteiger partial charge in [-0.05, 0) is 53.9 Å². The molecule has 2 nitrogen and oxygen atoms in total. The van der Waals surface area contributed by atoms with Crippen molar-refractivity contribution in [2.24, 2.45) is 0 Å². The monoisotopic (exact) mass is 202 g/mol. The zero-order chi connectivity index (χ0) is 11.0. The number of ether oxygens (including phenoxy) is 1. The Bertz CT molecular complexity index is 515. The van der Waals surface area contributed by atoms with E-state index in [2.05, 4.69) is 6.07 Å². The molecule has 0 radical (unpaired) electrons. The molecule has 2 aromatic rings. The molecule has 0 aliphatic rings. The molecule has 0 aromatic heterocycles. The Morgan fingerprint density at radius 1 is 1.13 bits per heavy atom. The Balaban J connectivity index is 2.82. The zero-order valence-corrected chi connectivity index (χ0v) is 9.16. The van der Waals surface area contributed by atoms with E-state index < -0.39 is 0 Å². The molecule has 1 N–H and O–H groups in total. The molecule has 0 bridgehead atoms. The van der Waals surface area contributed by atoms with Crippen molar-refractivity contribution in [1.29, 1.82) is 0 Å². The van der Waals surface area contributed by atoms with Crippen LogP contribution in [-0.2, 0) is 0 Å². The summed E-state index contributed by atoms with van der Waals surface area (Å²) in [5, 5.41) is 11.8. The first kappa shape index (κ1) is 9.84. The molecule has 2 rings (SSSR count). The number of aromatic hydroxyl groups is 1. The molecule has 0 aliphatic heterocycles. The fourth-order valence-corrected chi connectivity index (χ4v) is 1.82. The number of fused-ring (bicyclic) bond motifs is 1. The normalized spacial score (nSPS) is 10.6. The van der Waals surface area contributed by atoms with E-state index in [1.165, 1.54) is 0 Å². The molecule has 15 heavy (non-hydrogen) atoms. The topological polar surface area (TPSA) is 29.5 Å². The molecule has 0 unspecified atom stereocenters. The lowest BCUT2D eigenvalue weighted by Crippen LogP contribution is -1.88. The van der Waals surface area contributed by atoms with Crippen LogP contribution in [-0.4, -0.2) is 12.2 Å². The molecule has 0 atom stereocenters. The first-order valence-electron chi connectivity index (χ1n) is 4.90. The summed E-state index contributed by atoms with van der Waals surface area (Å²) in [6.07, 6.45) is 0. The van der Waals surface area contributed by atoms with Crippen LogP contribution in [0.1, 0.15) is 11.1 Å². The van der Waals surface area contributed by atoms with Crippen molar-refractivity contribution in [3.05, 3.63) is 35.4 Å². The fourth-order valence-electron chi connectivity index (χ4n) is 1.82. The highest BCUT2D eigenvalue weighted by atomic mass is 16.5. The van der Waals surface area contributed by atoms with Crippen LogP contribution < -0.4 is 4.74 Å². The van der Waals surface area contributed by atoms with Gasteiger partial charge in [0, 0.05) is 0 Å². The van der Waals surface area contributed by atoms with Crippen molar-refractivity contribution in [1.82, 2.24) is 0 Å². The second-order valence-corrected chi connectivity index (χ2v) is 3.75. The molecule has 0 amide bonds. The van der Waals surface area contributed by atoms with Gasteiger partial charge in [-0.1, -0.05) is 6.07 Å². The van der Waals surface area contributed by atoms with Gasteiger partial charge in [-0.2, -0.15) is 0 Å². The Hall–Kier alpha value is -1.70. The first-order chi connectivity index (χ1) is 7.13. The third-order valence-electron chi connectivity index (χ3n) is 2.78. The van der Waals surface area contributed by atoms with Gasteiger partial charge in [0.25, 0.3) is 0 Å². The summed E-state index contributed by atoms with van der Waals surface area (Å²) < 4.78 is 5.27. The number of hydrogen-bond acceptors (Lipinski definition) is 2. The number of benzene rings is 2. The summed E-state index contributed by atoms with van der Waals surface area (Å²) in [7, 11) is 1.66. The van der Waals surface area contributed by atoms with Crippen molar-refractivity contribution in [2.75, 3.05) is 7.11 Å². The first-order valence-corrected chi connectivity index (χ1v) is 4.90. The number of hydrogen-bond donors (Lipinski definition) is 1. The second kappa shape index (κ2) is 3.46. The van der Waals surface area contributed by atoms with Gasteiger partial charge in [0.2, 0.25) is 0 Å². The van der Waals surface area contributed by atoms with Crippen molar-refractivity contribution >= 4 is 10.8 Å². The van der Waals surface area contributed by atoms with E-state index in [1.54, 1.807) is 13.2 Å². The molecule has 78 valence electrons. The highest BCUT2D eigenvalue weighted by Gasteiger charge is 2.06.